The van der Waals surface area contributed by atoms with Gasteiger partial charge in [0.2, 0.25) is 0 Å². The molecule has 19 heavy (non-hydrogen) atoms. The SMILES string of the molecule is CC1=CCN(C(=O)NC(CC(=O)O)C(C)(C)C)CC1. The second kappa shape index (κ2) is 6.08. The molecule has 1 rings (SSSR count). The number of aliphatic carboxylic acids is 1. The van der Waals surface area contributed by atoms with Gasteiger partial charge >= 0.3 is 12.0 Å². The first-order chi connectivity index (χ1) is 8.70. The fourth-order valence-corrected chi connectivity index (χ4v) is 1.94. The van der Waals surface area contributed by atoms with E-state index in [9.17, 15) is 9.59 Å². The van der Waals surface area contributed by atoms with Crippen LogP contribution in [0, 0.1) is 5.41 Å². The van der Waals surface area contributed by atoms with E-state index in [-0.39, 0.29) is 23.9 Å². The molecule has 0 saturated heterocycles. The van der Waals surface area contributed by atoms with Crippen LogP contribution in [0.15, 0.2) is 11.6 Å². The molecule has 0 bridgehead atoms. The minimum atomic E-state index is -0.894. The Kier molecular flexibility index (Phi) is 4.97. The van der Waals surface area contributed by atoms with Gasteiger partial charge in [-0.25, -0.2) is 4.79 Å². The lowest BCUT2D eigenvalue weighted by molar-refractivity contribution is -0.138. The van der Waals surface area contributed by atoms with Gasteiger partial charge in [-0.15, -0.1) is 0 Å². The van der Waals surface area contributed by atoms with E-state index in [2.05, 4.69) is 12.2 Å². The van der Waals surface area contributed by atoms with Gasteiger partial charge in [-0.2, -0.15) is 0 Å². The monoisotopic (exact) mass is 268 g/mol. The predicted octanol–water partition coefficient (Wildman–Crippen LogP) is 2.24. The molecule has 5 nitrogen and oxygen atoms in total. The lowest BCUT2D eigenvalue weighted by Crippen LogP contribution is -2.51. The number of nitrogens with zero attached hydrogens (tertiary/aromatic N) is 1. The molecule has 108 valence electrons. The van der Waals surface area contributed by atoms with Crippen molar-refractivity contribution >= 4 is 12.0 Å². The highest BCUT2D eigenvalue weighted by molar-refractivity contribution is 5.76. The quantitative estimate of drug-likeness (QED) is 0.771. The molecule has 0 aliphatic carbocycles. The van der Waals surface area contributed by atoms with Crippen LogP contribution in [0.5, 0.6) is 0 Å². The van der Waals surface area contributed by atoms with Crippen molar-refractivity contribution in [2.45, 2.75) is 46.6 Å². The average Bonchev–Trinajstić information content (AvgIpc) is 2.27. The molecule has 1 unspecified atom stereocenters. The van der Waals surface area contributed by atoms with E-state index in [0.29, 0.717) is 13.1 Å². The van der Waals surface area contributed by atoms with E-state index in [1.54, 1.807) is 4.90 Å². The zero-order valence-corrected chi connectivity index (χ0v) is 12.2. The summed E-state index contributed by atoms with van der Waals surface area (Å²) in [6.45, 7) is 9.14. The fraction of sp³-hybridized carbons (Fsp3) is 0.714. The zero-order valence-electron chi connectivity index (χ0n) is 12.2. The number of rotatable bonds is 3. The summed E-state index contributed by atoms with van der Waals surface area (Å²) < 4.78 is 0. The molecule has 2 N–H and O–H groups in total. The van der Waals surface area contributed by atoms with Gasteiger partial charge in [0, 0.05) is 19.1 Å². The van der Waals surface area contributed by atoms with Crippen molar-refractivity contribution in [2.24, 2.45) is 5.41 Å². The normalized spacial score (nSPS) is 17.7. The third-order valence-corrected chi connectivity index (χ3v) is 3.45. The van der Waals surface area contributed by atoms with Crippen LogP contribution in [0.2, 0.25) is 0 Å². The molecule has 0 spiro atoms. The Labute approximate surface area is 114 Å². The minimum Gasteiger partial charge on any atom is -0.481 e. The fourth-order valence-electron chi connectivity index (χ4n) is 1.94. The van der Waals surface area contributed by atoms with E-state index in [4.69, 9.17) is 5.11 Å². The molecule has 5 heteroatoms. The first-order valence-electron chi connectivity index (χ1n) is 6.63. The molecule has 0 radical (unpaired) electrons. The highest BCUT2D eigenvalue weighted by atomic mass is 16.4. The molecule has 1 heterocycles. The summed E-state index contributed by atoms with van der Waals surface area (Å²) >= 11 is 0. The molecule has 0 aromatic rings. The summed E-state index contributed by atoms with van der Waals surface area (Å²) in [6, 6.07) is -0.547. The topological polar surface area (TPSA) is 69.6 Å². The first kappa shape index (κ1) is 15.5. The van der Waals surface area contributed by atoms with E-state index < -0.39 is 5.97 Å². The van der Waals surface area contributed by atoms with Gasteiger partial charge in [-0.1, -0.05) is 32.4 Å². The van der Waals surface area contributed by atoms with Crippen LogP contribution in [0.1, 0.15) is 40.5 Å². The number of hydrogen-bond donors (Lipinski definition) is 2. The standard InChI is InChI=1S/C14H24N2O3/c1-10-5-7-16(8-6-10)13(19)15-11(9-12(17)18)14(2,3)4/h5,11H,6-9H2,1-4H3,(H,15,19)(H,17,18). The molecule has 0 aromatic carbocycles. The van der Waals surface area contributed by atoms with Gasteiger partial charge in [0.1, 0.15) is 0 Å². The van der Waals surface area contributed by atoms with Crippen molar-refractivity contribution < 1.29 is 14.7 Å². The summed E-state index contributed by atoms with van der Waals surface area (Å²) in [5.74, 6) is -0.894. The zero-order chi connectivity index (χ0) is 14.6. The summed E-state index contributed by atoms with van der Waals surface area (Å²) in [7, 11) is 0. The third-order valence-electron chi connectivity index (χ3n) is 3.45. The molecule has 1 aliphatic rings. The van der Waals surface area contributed by atoms with E-state index in [1.807, 2.05) is 26.8 Å². The van der Waals surface area contributed by atoms with Crippen LogP contribution < -0.4 is 5.32 Å². The Morgan fingerprint density at radius 1 is 1.47 bits per heavy atom. The summed E-state index contributed by atoms with van der Waals surface area (Å²) in [5, 5.41) is 11.8. The first-order valence-corrected chi connectivity index (χ1v) is 6.63. The number of carbonyl (C=O) groups excluding carboxylic acids is 1. The molecule has 0 aromatic heterocycles. The van der Waals surface area contributed by atoms with Crippen LogP contribution in [-0.2, 0) is 4.79 Å². The largest absolute Gasteiger partial charge is 0.481 e. The highest BCUT2D eigenvalue weighted by Crippen LogP contribution is 2.22. The van der Waals surface area contributed by atoms with Crippen molar-refractivity contribution in [3.8, 4) is 0 Å². The Morgan fingerprint density at radius 3 is 2.53 bits per heavy atom. The van der Waals surface area contributed by atoms with Gasteiger partial charge in [-0.3, -0.25) is 4.79 Å². The van der Waals surface area contributed by atoms with Crippen molar-refractivity contribution in [3.05, 3.63) is 11.6 Å². The van der Waals surface area contributed by atoms with Crippen LogP contribution in [0.3, 0.4) is 0 Å². The molecular weight excluding hydrogens is 244 g/mol. The van der Waals surface area contributed by atoms with E-state index in [1.165, 1.54) is 5.57 Å². The summed E-state index contributed by atoms with van der Waals surface area (Å²) in [5.41, 5.74) is 1.01. The molecule has 1 atom stereocenters. The van der Waals surface area contributed by atoms with Crippen molar-refractivity contribution in [2.75, 3.05) is 13.1 Å². The highest BCUT2D eigenvalue weighted by Gasteiger charge is 2.30. The average molecular weight is 268 g/mol. The van der Waals surface area contributed by atoms with Crippen molar-refractivity contribution in [3.63, 3.8) is 0 Å². The van der Waals surface area contributed by atoms with Crippen molar-refractivity contribution in [1.82, 2.24) is 10.2 Å². The van der Waals surface area contributed by atoms with Crippen LogP contribution in [0.4, 0.5) is 4.79 Å². The maximum Gasteiger partial charge on any atom is 0.317 e. The second-order valence-electron chi connectivity index (χ2n) is 6.21. The number of carboxylic acids is 1. The minimum absolute atomic E-state index is 0.0576. The van der Waals surface area contributed by atoms with Crippen LogP contribution >= 0.6 is 0 Å². The Bertz CT molecular complexity index is 383. The van der Waals surface area contributed by atoms with E-state index in [0.717, 1.165) is 6.42 Å². The molecule has 0 fully saturated rings. The Hall–Kier alpha value is -1.52. The number of amides is 2. The smallest absolute Gasteiger partial charge is 0.317 e. The van der Waals surface area contributed by atoms with Crippen LogP contribution in [0.25, 0.3) is 0 Å². The van der Waals surface area contributed by atoms with Gasteiger partial charge in [0.25, 0.3) is 0 Å². The molecule has 0 saturated carbocycles. The van der Waals surface area contributed by atoms with E-state index >= 15 is 0 Å². The van der Waals surface area contributed by atoms with Crippen molar-refractivity contribution in [1.29, 1.82) is 0 Å². The number of carbonyl (C=O) groups is 2. The maximum atomic E-state index is 12.1. The summed E-state index contributed by atoms with van der Waals surface area (Å²) in [4.78, 5) is 24.7. The number of carboxylic acid groups (broad SMARTS) is 1. The Morgan fingerprint density at radius 2 is 2.11 bits per heavy atom. The van der Waals surface area contributed by atoms with Gasteiger partial charge in [-0.05, 0) is 18.8 Å². The Balaban J connectivity index is 2.64. The van der Waals surface area contributed by atoms with Gasteiger partial charge in [0.05, 0.1) is 6.42 Å². The van der Waals surface area contributed by atoms with Gasteiger partial charge in [0.15, 0.2) is 0 Å². The number of hydrogen-bond acceptors (Lipinski definition) is 2. The maximum absolute atomic E-state index is 12.1. The van der Waals surface area contributed by atoms with Crippen LogP contribution in [-0.4, -0.2) is 41.1 Å². The molecular formula is C14H24N2O3. The molecule has 1 aliphatic heterocycles. The lowest BCUT2D eigenvalue weighted by Gasteiger charge is -2.33. The molecule has 2 amide bonds. The number of urea groups is 1. The third kappa shape index (κ3) is 4.93. The summed E-state index contributed by atoms with van der Waals surface area (Å²) in [6.07, 6.45) is 2.86. The predicted molar refractivity (Wildman–Crippen MR) is 74.0 cm³/mol. The lowest BCUT2D eigenvalue weighted by atomic mass is 9.85. The number of nitrogens with one attached hydrogen (secondary N) is 1. The van der Waals surface area contributed by atoms with Gasteiger partial charge < -0.3 is 15.3 Å². The second-order valence-corrected chi connectivity index (χ2v) is 6.21.